The molecular formula is C34H56O5Si. The van der Waals surface area contributed by atoms with Crippen LogP contribution in [0.1, 0.15) is 93.9 Å². The van der Waals surface area contributed by atoms with Crippen molar-refractivity contribution in [1.29, 1.82) is 0 Å². The summed E-state index contributed by atoms with van der Waals surface area (Å²) < 4.78 is 25.7. The fourth-order valence-corrected chi connectivity index (χ4v) is 11.0. The number of hydrogen-bond donors (Lipinski definition) is 0. The average molecular weight is 573 g/mol. The number of hydrogen-bond acceptors (Lipinski definition) is 5. The number of ether oxygens (including phenoxy) is 3. The first kappa shape index (κ1) is 30.5. The summed E-state index contributed by atoms with van der Waals surface area (Å²) in [4.78, 5) is 11.8. The molecule has 0 bridgehead atoms. The molecule has 0 radical (unpaired) electrons. The SMILES string of the molecule is COC(=O)C=C[C@@H](C)C1=CCC2C3C(CC[C@]12C)[C@@]1(C)CC[C@@H](O[Si](C)(C)C(C)(C)C)CC1[C@H]1OC(C)(C)O[C@H]31. The van der Waals surface area contributed by atoms with E-state index in [0.29, 0.717) is 29.8 Å². The van der Waals surface area contributed by atoms with Crippen LogP contribution in [0.4, 0.5) is 0 Å². The van der Waals surface area contributed by atoms with Crippen molar-refractivity contribution in [3.8, 4) is 0 Å². The molecule has 5 aliphatic rings. The highest BCUT2D eigenvalue weighted by atomic mass is 28.4. The van der Waals surface area contributed by atoms with Gasteiger partial charge >= 0.3 is 5.97 Å². The molecule has 0 amide bonds. The molecule has 226 valence electrons. The first-order valence-electron chi connectivity index (χ1n) is 15.9. The zero-order chi connectivity index (χ0) is 29.5. The highest BCUT2D eigenvalue weighted by Crippen LogP contribution is 2.69. The topological polar surface area (TPSA) is 54.0 Å². The van der Waals surface area contributed by atoms with Gasteiger partial charge in [-0.05, 0) is 111 Å². The molecule has 3 saturated carbocycles. The normalized spacial score (nSPS) is 43.4. The molecule has 0 aromatic rings. The van der Waals surface area contributed by atoms with E-state index in [1.807, 2.05) is 6.08 Å². The van der Waals surface area contributed by atoms with Crippen LogP contribution in [0.25, 0.3) is 0 Å². The zero-order valence-corrected chi connectivity index (χ0v) is 28.1. The van der Waals surface area contributed by atoms with Crippen molar-refractivity contribution in [2.75, 3.05) is 7.11 Å². The molecule has 5 rings (SSSR count). The van der Waals surface area contributed by atoms with E-state index in [4.69, 9.17) is 18.6 Å². The third-order valence-corrected chi connectivity index (χ3v) is 17.1. The molecule has 5 nitrogen and oxygen atoms in total. The van der Waals surface area contributed by atoms with E-state index in [9.17, 15) is 4.79 Å². The summed E-state index contributed by atoms with van der Waals surface area (Å²) in [6.07, 6.45) is 13.7. The molecule has 10 atom stereocenters. The minimum atomic E-state index is -1.85. The maximum atomic E-state index is 11.8. The van der Waals surface area contributed by atoms with E-state index in [2.05, 4.69) is 74.6 Å². The lowest BCUT2D eigenvalue weighted by Gasteiger charge is -2.63. The molecule has 4 aliphatic carbocycles. The minimum absolute atomic E-state index is 0.119. The molecule has 40 heavy (non-hydrogen) atoms. The highest BCUT2D eigenvalue weighted by Gasteiger charge is 2.68. The van der Waals surface area contributed by atoms with Gasteiger partial charge in [0, 0.05) is 12.2 Å². The lowest BCUT2D eigenvalue weighted by atomic mass is 9.43. The Morgan fingerprint density at radius 3 is 2.38 bits per heavy atom. The number of esters is 1. The van der Waals surface area contributed by atoms with Crippen molar-refractivity contribution in [1.82, 2.24) is 0 Å². The van der Waals surface area contributed by atoms with Gasteiger partial charge in [0.05, 0.1) is 19.3 Å². The molecule has 1 heterocycles. The van der Waals surface area contributed by atoms with Gasteiger partial charge in [0.15, 0.2) is 14.1 Å². The molecule has 4 unspecified atom stereocenters. The van der Waals surface area contributed by atoms with E-state index in [0.717, 1.165) is 19.3 Å². The molecule has 6 heteroatoms. The van der Waals surface area contributed by atoms with Gasteiger partial charge in [-0.3, -0.25) is 0 Å². The molecule has 0 aromatic heterocycles. The minimum Gasteiger partial charge on any atom is -0.466 e. The van der Waals surface area contributed by atoms with Gasteiger partial charge in [-0.25, -0.2) is 4.79 Å². The number of allylic oxidation sites excluding steroid dienone is 3. The Labute approximate surface area is 244 Å². The van der Waals surface area contributed by atoms with Crippen molar-refractivity contribution < 1.29 is 23.4 Å². The number of methoxy groups -OCH3 is 1. The van der Waals surface area contributed by atoms with E-state index >= 15 is 0 Å². The summed E-state index contributed by atoms with van der Waals surface area (Å²) in [6.45, 7) is 23.4. The van der Waals surface area contributed by atoms with Gasteiger partial charge in [0.25, 0.3) is 0 Å². The Hall–Kier alpha value is -0.953. The maximum Gasteiger partial charge on any atom is 0.330 e. The van der Waals surface area contributed by atoms with Crippen molar-refractivity contribution in [2.24, 2.45) is 40.4 Å². The molecule has 1 aliphatic heterocycles. The third-order valence-electron chi connectivity index (χ3n) is 12.6. The van der Waals surface area contributed by atoms with E-state index in [1.54, 1.807) is 6.08 Å². The first-order chi connectivity index (χ1) is 18.4. The van der Waals surface area contributed by atoms with Crippen LogP contribution < -0.4 is 0 Å². The molecule has 0 spiro atoms. The second-order valence-electron chi connectivity index (χ2n) is 16.3. The third kappa shape index (κ3) is 4.91. The van der Waals surface area contributed by atoms with Crippen LogP contribution in [0.2, 0.25) is 18.1 Å². The van der Waals surface area contributed by atoms with E-state index in [1.165, 1.54) is 31.9 Å². The van der Waals surface area contributed by atoms with Gasteiger partial charge in [0.2, 0.25) is 0 Å². The molecule has 1 saturated heterocycles. The van der Waals surface area contributed by atoms with Crippen LogP contribution in [0.15, 0.2) is 23.8 Å². The van der Waals surface area contributed by atoms with Gasteiger partial charge in [0.1, 0.15) is 0 Å². The van der Waals surface area contributed by atoms with Crippen molar-refractivity contribution in [3.05, 3.63) is 23.8 Å². The summed E-state index contributed by atoms with van der Waals surface area (Å²) >= 11 is 0. The Balaban J connectivity index is 1.43. The van der Waals surface area contributed by atoms with E-state index < -0.39 is 14.1 Å². The van der Waals surface area contributed by atoms with Crippen molar-refractivity contribution >= 4 is 14.3 Å². The summed E-state index contributed by atoms with van der Waals surface area (Å²) in [5, 5.41) is 0.215. The second kappa shape index (κ2) is 10.1. The number of fused-ring (bicyclic) bond motifs is 8. The molecule has 4 fully saturated rings. The van der Waals surface area contributed by atoms with Crippen LogP contribution in [0.3, 0.4) is 0 Å². The predicted octanol–water partition coefficient (Wildman–Crippen LogP) is 8.06. The highest BCUT2D eigenvalue weighted by molar-refractivity contribution is 6.74. The zero-order valence-electron chi connectivity index (χ0n) is 27.1. The number of carbonyl (C=O) groups excluding carboxylic acids is 1. The Kier molecular flexibility index (Phi) is 7.67. The lowest BCUT2D eigenvalue weighted by molar-refractivity contribution is -0.182. The molecular weight excluding hydrogens is 516 g/mol. The van der Waals surface area contributed by atoms with Crippen LogP contribution in [-0.4, -0.2) is 45.5 Å². The molecule has 0 N–H and O–H groups in total. The van der Waals surface area contributed by atoms with Gasteiger partial charge in [-0.2, -0.15) is 0 Å². The Bertz CT molecular complexity index is 1060. The van der Waals surface area contributed by atoms with Crippen molar-refractivity contribution in [2.45, 2.75) is 136 Å². The summed E-state index contributed by atoms with van der Waals surface area (Å²) in [5.41, 5.74) is 1.85. The van der Waals surface area contributed by atoms with E-state index in [-0.39, 0.29) is 40.0 Å². The summed E-state index contributed by atoms with van der Waals surface area (Å²) in [7, 11) is -0.405. The Morgan fingerprint density at radius 2 is 1.73 bits per heavy atom. The fourth-order valence-electron chi connectivity index (χ4n) is 9.55. The van der Waals surface area contributed by atoms with Crippen molar-refractivity contribution in [3.63, 3.8) is 0 Å². The van der Waals surface area contributed by atoms with Gasteiger partial charge < -0.3 is 18.6 Å². The quantitative estimate of drug-likeness (QED) is 0.144. The van der Waals surface area contributed by atoms with Crippen LogP contribution in [0.5, 0.6) is 0 Å². The smallest absolute Gasteiger partial charge is 0.330 e. The van der Waals surface area contributed by atoms with Crippen LogP contribution in [0, 0.1) is 40.4 Å². The summed E-state index contributed by atoms with van der Waals surface area (Å²) in [5.74, 6) is 1.50. The average Bonchev–Trinajstić information content (AvgIpc) is 3.37. The standard InChI is InChI=1S/C34H56O5Si/c1-21(12-15-27(35)36-9)23-13-14-24-28-25(17-19-33(23,24)7)34(8)18-16-22(39-40(10,11)31(2,3)4)20-26(34)29-30(28)38-32(5,6)37-29/h12-13,15,21-22,24-26,28-30H,14,16-20H2,1-11H3/t21-,22-,24?,25?,26?,28?,29-,30-,33-,34-/m1/s1. The number of carbonyl (C=O) groups is 1. The van der Waals surface area contributed by atoms with Gasteiger partial charge in [-0.1, -0.05) is 59.3 Å². The van der Waals surface area contributed by atoms with Gasteiger partial charge in [-0.15, -0.1) is 0 Å². The second-order valence-corrected chi connectivity index (χ2v) is 21.0. The lowest BCUT2D eigenvalue weighted by Crippen LogP contribution is -2.63. The largest absolute Gasteiger partial charge is 0.466 e. The van der Waals surface area contributed by atoms with Crippen LogP contribution >= 0.6 is 0 Å². The monoisotopic (exact) mass is 572 g/mol. The Morgan fingerprint density at radius 1 is 1.05 bits per heavy atom. The van der Waals surface area contributed by atoms with Crippen LogP contribution in [-0.2, 0) is 23.4 Å². The molecule has 0 aromatic carbocycles. The number of rotatable bonds is 5. The summed E-state index contributed by atoms with van der Waals surface area (Å²) in [6, 6.07) is 0. The fraction of sp³-hybridized carbons (Fsp3) is 0.853. The maximum absolute atomic E-state index is 11.8. The predicted molar refractivity (Wildman–Crippen MR) is 162 cm³/mol. The first-order valence-corrected chi connectivity index (χ1v) is 18.8.